The van der Waals surface area contributed by atoms with Crippen LogP contribution in [-0.2, 0) is 0 Å². The molecule has 4 nitrogen and oxygen atoms in total. The van der Waals surface area contributed by atoms with Gasteiger partial charge >= 0.3 is 6.03 Å². The number of thiol groups is 1. The third-order valence-corrected chi connectivity index (χ3v) is 2.14. The first kappa shape index (κ1) is 12.6. The average molecular weight is 205 g/mol. The van der Waals surface area contributed by atoms with Crippen molar-refractivity contribution in [2.24, 2.45) is 0 Å². The lowest BCUT2D eigenvalue weighted by atomic mass is 10.3. The van der Waals surface area contributed by atoms with E-state index < -0.39 is 0 Å². The van der Waals surface area contributed by atoms with Gasteiger partial charge in [-0.05, 0) is 26.1 Å². The first-order valence-corrected chi connectivity index (χ1v) is 5.09. The molecule has 0 saturated heterocycles. The monoisotopic (exact) mass is 205 g/mol. The summed E-state index contributed by atoms with van der Waals surface area (Å²) in [6.45, 7) is 8.13. The van der Waals surface area contributed by atoms with Crippen LogP contribution in [0.5, 0.6) is 0 Å². The Bertz CT molecular complexity index is 139. The highest BCUT2D eigenvalue weighted by Crippen LogP contribution is 1.88. The maximum Gasteiger partial charge on any atom is 0.324 e. The van der Waals surface area contributed by atoms with E-state index in [1.54, 1.807) is 0 Å². The molecule has 2 N–H and O–H groups in total. The molecular formula is C8H19N3OS. The molecular weight excluding hydrogens is 186 g/mol. The van der Waals surface area contributed by atoms with Crippen molar-refractivity contribution in [1.29, 1.82) is 0 Å². The summed E-state index contributed by atoms with van der Waals surface area (Å²) in [5.74, 6) is 0. The van der Waals surface area contributed by atoms with E-state index in [9.17, 15) is 4.79 Å². The number of rotatable bonds is 6. The lowest BCUT2D eigenvalue weighted by molar-refractivity contribution is 0.245. The zero-order valence-electron chi connectivity index (χ0n) is 8.34. The fraction of sp³-hybridized carbons (Fsp3) is 0.875. The number of carbonyl (C=O) groups excluding carboxylic acids is 1. The predicted octanol–water partition coefficient (Wildman–Crippen LogP) is 0.862. The predicted molar refractivity (Wildman–Crippen MR) is 57.9 cm³/mol. The van der Waals surface area contributed by atoms with Gasteiger partial charge in [-0.15, -0.1) is 0 Å². The molecule has 0 aliphatic rings. The summed E-state index contributed by atoms with van der Waals surface area (Å²) in [7, 11) is 0. The molecule has 13 heavy (non-hydrogen) atoms. The van der Waals surface area contributed by atoms with Gasteiger partial charge in [0.05, 0.1) is 0 Å². The first-order valence-electron chi connectivity index (χ1n) is 4.64. The Morgan fingerprint density at radius 3 is 2.46 bits per heavy atom. The largest absolute Gasteiger partial charge is 0.337 e. The summed E-state index contributed by atoms with van der Waals surface area (Å²) in [4.78, 5) is 13.0. The van der Waals surface area contributed by atoms with Crippen LogP contribution in [0.3, 0.4) is 0 Å². The average Bonchev–Trinajstić information content (AvgIpc) is 2.18. The molecule has 0 atom stereocenters. The summed E-state index contributed by atoms with van der Waals surface area (Å²) in [5, 5.41) is 2.68. The third-order valence-electron chi connectivity index (χ3n) is 1.93. The zero-order valence-corrected chi connectivity index (χ0v) is 9.23. The van der Waals surface area contributed by atoms with Gasteiger partial charge < -0.3 is 10.2 Å². The minimum Gasteiger partial charge on any atom is -0.337 e. The van der Waals surface area contributed by atoms with Gasteiger partial charge in [0.15, 0.2) is 0 Å². The van der Waals surface area contributed by atoms with Gasteiger partial charge in [0.2, 0.25) is 0 Å². The van der Waals surface area contributed by atoms with Crippen molar-refractivity contribution in [2.45, 2.75) is 20.3 Å². The van der Waals surface area contributed by atoms with Gasteiger partial charge in [-0.3, -0.25) is 4.72 Å². The minimum atomic E-state index is -0.233. The molecule has 5 heteroatoms. The van der Waals surface area contributed by atoms with Crippen molar-refractivity contribution >= 4 is 18.8 Å². The van der Waals surface area contributed by atoms with Gasteiger partial charge in [-0.2, -0.15) is 0 Å². The minimum absolute atomic E-state index is 0.233. The maximum absolute atomic E-state index is 10.7. The Balaban J connectivity index is 3.28. The van der Waals surface area contributed by atoms with Crippen LogP contribution in [0.1, 0.15) is 20.3 Å². The van der Waals surface area contributed by atoms with E-state index in [4.69, 9.17) is 0 Å². The number of hydrogen-bond acceptors (Lipinski definition) is 3. The van der Waals surface area contributed by atoms with Crippen LogP contribution in [-0.4, -0.2) is 37.1 Å². The number of amides is 2. The van der Waals surface area contributed by atoms with Crippen molar-refractivity contribution in [3.8, 4) is 0 Å². The second-order valence-corrected chi connectivity index (χ2v) is 2.97. The van der Waals surface area contributed by atoms with E-state index in [1.807, 2.05) is 0 Å². The molecule has 2 amide bonds. The van der Waals surface area contributed by atoms with Crippen LogP contribution in [0.15, 0.2) is 0 Å². The van der Waals surface area contributed by atoms with Gasteiger partial charge in [0, 0.05) is 6.54 Å². The van der Waals surface area contributed by atoms with Crippen molar-refractivity contribution < 1.29 is 4.79 Å². The molecule has 0 aliphatic carbocycles. The van der Waals surface area contributed by atoms with E-state index in [2.05, 4.69) is 41.6 Å². The third kappa shape index (κ3) is 6.72. The van der Waals surface area contributed by atoms with Gasteiger partial charge in [-0.25, -0.2) is 4.79 Å². The molecule has 0 aromatic rings. The Hall–Kier alpha value is -0.420. The standard InChI is InChI=1S/C8H19N3OS/c1-3-11(4-2)7-5-6-9-8(12)10-13/h13H,3-7H2,1-2H3,(H2,9,10,12). The van der Waals surface area contributed by atoms with Crippen molar-refractivity contribution in [1.82, 2.24) is 14.9 Å². The van der Waals surface area contributed by atoms with Gasteiger partial charge in [0.25, 0.3) is 0 Å². The first-order chi connectivity index (χ1) is 6.24. The topological polar surface area (TPSA) is 44.4 Å². The van der Waals surface area contributed by atoms with E-state index in [1.165, 1.54) is 0 Å². The Labute approximate surface area is 85.6 Å². The molecule has 0 saturated carbocycles. The second-order valence-electron chi connectivity index (χ2n) is 2.75. The fourth-order valence-corrected chi connectivity index (χ4v) is 1.16. The molecule has 0 aromatic heterocycles. The molecule has 0 radical (unpaired) electrons. The number of nitrogens with zero attached hydrogens (tertiary/aromatic N) is 1. The quantitative estimate of drug-likeness (QED) is 0.445. The van der Waals surface area contributed by atoms with Crippen LogP contribution in [0.4, 0.5) is 4.79 Å². The van der Waals surface area contributed by atoms with Crippen LogP contribution < -0.4 is 10.0 Å². The second kappa shape index (κ2) is 8.19. The maximum atomic E-state index is 10.7. The molecule has 0 aliphatic heterocycles. The van der Waals surface area contributed by atoms with E-state index >= 15 is 0 Å². The van der Waals surface area contributed by atoms with E-state index in [-0.39, 0.29) is 6.03 Å². The van der Waals surface area contributed by atoms with Crippen LogP contribution >= 0.6 is 12.8 Å². The normalized spacial score (nSPS) is 10.2. The number of nitrogens with one attached hydrogen (secondary N) is 2. The van der Waals surface area contributed by atoms with Crippen molar-refractivity contribution in [3.05, 3.63) is 0 Å². The molecule has 0 fully saturated rings. The highest BCUT2D eigenvalue weighted by atomic mass is 32.1. The van der Waals surface area contributed by atoms with Gasteiger partial charge in [-0.1, -0.05) is 26.7 Å². The van der Waals surface area contributed by atoms with Gasteiger partial charge in [0.1, 0.15) is 0 Å². The highest BCUT2D eigenvalue weighted by Gasteiger charge is 1.99. The molecule has 0 rings (SSSR count). The van der Waals surface area contributed by atoms with E-state index in [0.717, 1.165) is 26.1 Å². The molecule has 78 valence electrons. The molecule has 0 aromatic carbocycles. The van der Waals surface area contributed by atoms with Crippen LogP contribution in [0, 0.1) is 0 Å². The Kier molecular flexibility index (Phi) is 7.93. The summed E-state index contributed by atoms with van der Waals surface area (Å²) in [6.07, 6.45) is 0.975. The number of carbonyl (C=O) groups is 1. The van der Waals surface area contributed by atoms with E-state index in [0.29, 0.717) is 6.54 Å². The fourth-order valence-electron chi connectivity index (χ4n) is 1.08. The Morgan fingerprint density at radius 2 is 2.00 bits per heavy atom. The number of urea groups is 1. The molecule has 0 heterocycles. The van der Waals surface area contributed by atoms with Crippen LogP contribution in [0.2, 0.25) is 0 Å². The van der Waals surface area contributed by atoms with Crippen LogP contribution in [0.25, 0.3) is 0 Å². The summed E-state index contributed by atoms with van der Waals surface area (Å²) in [5.41, 5.74) is 0. The SMILES string of the molecule is CCN(CC)CCCNC(=O)NS. The van der Waals surface area contributed by atoms with Crippen molar-refractivity contribution in [3.63, 3.8) is 0 Å². The lowest BCUT2D eigenvalue weighted by Gasteiger charge is -2.17. The zero-order chi connectivity index (χ0) is 10.1. The smallest absolute Gasteiger partial charge is 0.324 e. The molecule has 0 unspecified atom stereocenters. The lowest BCUT2D eigenvalue weighted by Crippen LogP contribution is -2.33. The Morgan fingerprint density at radius 1 is 1.38 bits per heavy atom. The molecule has 0 bridgehead atoms. The van der Waals surface area contributed by atoms with Crippen molar-refractivity contribution in [2.75, 3.05) is 26.2 Å². The summed E-state index contributed by atoms with van der Waals surface area (Å²) >= 11 is 3.62. The summed E-state index contributed by atoms with van der Waals surface area (Å²) in [6, 6.07) is -0.233. The highest BCUT2D eigenvalue weighted by molar-refractivity contribution is 7.78. The molecule has 0 spiro atoms. The number of hydrogen-bond donors (Lipinski definition) is 3. The summed E-state index contributed by atoms with van der Waals surface area (Å²) < 4.78 is 2.21.